The van der Waals surface area contributed by atoms with E-state index >= 15 is 0 Å². The molecule has 3 heterocycles. The van der Waals surface area contributed by atoms with Crippen LogP contribution in [0.5, 0.6) is 0 Å². The van der Waals surface area contributed by atoms with Crippen LogP contribution in [0.4, 0.5) is 5.69 Å². The lowest BCUT2D eigenvalue weighted by atomic mass is 9.82. The molecule has 5 heteroatoms. The van der Waals surface area contributed by atoms with E-state index in [1.807, 2.05) is 25.1 Å². The average Bonchev–Trinajstić information content (AvgIpc) is 2.95. The second kappa shape index (κ2) is 7.42. The summed E-state index contributed by atoms with van der Waals surface area (Å²) in [5, 5.41) is 11.7. The molecule has 0 radical (unpaired) electrons. The van der Waals surface area contributed by atoms with Gasteiger partial charge in [0, 0.05) is 46.7 Å². The second-order valence-electron chi connectivity index (χ2n) is 7.95. The molecule has 2 aromatic rings. The van der Waals surface area contributed by atoms with Crippen LogP contribution in [-0.4, -0.2) is 47.2 Å². The predicted octanol–water partition coefficient (Wildman–Crippen LogP) is 4.16. The Morgan fingerprint density at radius 1 is 1.30 bits per heavy atom. The molecule has 1 aromatic carbocycles. The first kappa shape index (κ1) is 18.7. The number of aromatic nitrogens is 1. The van der Waals surface area contributed by atoms with Crippen molar-refractivity contribution in [2.75, 3.05) is 25.0 Å². The molecular weight excluding hydrogens is 358 g/mol. The summed E-state index contributed by atoms with van der Waals surface area (Å²) in [7, 11) is 2.22. The van der Waals surface area contributed by atoms with Gasteiger partial charge in [-0.15, -0.1) is 0 Å². The number of aliphatic hydroxyl groups excluding tert-OH is 1. The monoisotopic (exact) mass is 385 g/mol. The van der Waals surface area contributed by atoms with Crippen molar-refractivity contribution in [1.29, 1.82) is 0 Å². The number of rotatable bonds is 4. The number of likely N-dealkylation sites (N-methyl/N-ethyl adjacent to an activating group) is 1. The smallest absolute Gasteiger partial charge is 0.0979 e. The molecule has 0 saturated carbocycles. The van der Waals surface area contributed by atoms with Gasteiger partial charge in [0.15, 0.2) is 0 Å². The minimum atomic E-state index is -0.565. The van der Waals surface area contributed by atoms with E-state index in [-0.39, 0.29) is 0 Å². The molecule has 4 unspecified atom stereocenters. The van der Waals surface area contributed by atoms with E-state index in [0.29, 0.717) is 24.5 Å². The van der Waals surface area contributed by atoms with Gasteiger partial charge in [0.05, 0.1) is 12.1 Å². The summed E-state index contributed by atoms with van der Waals surface area (Å²) in [5.74, 6) is 0.475. The highest BCUT2D eigenvalue weighted by molar-refractivity contribution is 6.30. The number of hydrogen-bond donors (Lipinski definition) is 1. The van der Waals surface area contributed by atoms with Crippen LogP contribution in [0.3, 0.4) is 0 Å². The van der Waals surface area contributed by atoms with Crippen LogP contribution in [0.15, 0.2) is 36.5 Å². The van der Waals surface area contributed by atoms with Crippen LogP contribution in [0, 0.1) is 6.92 Å². The SMILES string of the molecule is CCC1C2C(CCN1C)c1cc(Cl)ccc1N2CC(O)c1ccc(C)nc1. The molecular formula is C22H28ClN3O. The quantitative estimate of drug-likeness (QED) is 0.857. The summed E-state index contributed by atoms with van der Waals surface area (Å²) in [6.45, 7) is 5.90. The molecule has 144 valence electrons. The number of fused-ring (bicyclic) bond motifs is 3. The highest BCUT2D eigenvalue weighted by Crippen LogP contribution is 2.48. The van der Waals surface area contributed by atoms with Crippen molar-refractivity contribution in [3.63, 3.8) is 0 Å². The Hall–Kier alpha value is -1.62. The van der Waals surface area contributed by atoms with Crippen molar-refractivity contribution in [2.24, 2.45) is 0 Å². The molecule has 0 aliphatic carbocycles. The van der Waals surface area contributed by atoms with Crippen LogP contribution >= 0.6 is 11.6 Å². The molecule has 4 nitrogen and oxygen atoms in total. The fraction of sp³-hybridized carbons (Fsp3) is 0.500. The number of likely N-dealkylation sites (tertiary alicyclic amines) is 1. The predicted molar refractivity (Wildman–Crippen MR) is 111 cm³/mol. The zero-order valence-corrected chi connectivity index (χ0v) is 17.0. The number of anilines is 1. The van der Waals surface area contributed by atoms with Gasteiger partial charge >= 0.3 is 0 Å². The number of pyridine rings is 1. The lowest BCUT2D eigenvalue weighted by Gasteiger charge is -2.45. The second-order valence-corrected chi connectivity index (χ2v) is 8.38. The molecule has 27 heavy (non-hydrogen) atoms. The maximum atomic E-state index is 10.9. The number of β-amino-alcohol motifs (C(OH)–C–C–N with tert-alkyl or cyclic N) is 1. The summed E-state index contributed by atoms with van der Waals surface area (Å²) in [6, 6.07) is 11.0. The normalized spacial score (nSPS) is 26.0. The number of hydrogen-bond acceptors (Lipinski definition) is 4. The molecule has 0 spiro atoms. The van der Waals surface area contributed by atoms with Gasteiger partial charge in [-0.3, -0.25) is 4.98 Å². The van der Waals surface area contributed by atoms with Gasteiger partial charge in [0.1, 0.15) is 0 Å². The Balaban J connectivity index is 1.69. The van der Waals surface area contributed by atoms with Crippen molar-refractivity contribution in [3.05, 3.63) is 58.4 Å². The minimum absolute atomic E-state index is 0.371. The van der Waals surface area contributed by atoms with Crippen LogP contribution in [0.2, 0.25) is 5.02 Å². The lowest BCUT2D eigenvalue weighted by molar-refractivity contribution is 0.127. The third-order valence-electron chi connectivity index (χ3n) is 6.33. The van der Waals surface area contributed by atoms with Crippen molar-refractivity contribution in [2.45, 2.75) is 50.8 Å². The fourth-order valence-corrected chi connectivity index (χ4v) is 5.14. The number of aryl methyl sites for hydroxylation is 1. The molecule has 2 aliphatic rings. The Kier molecular flexibility index (Phi) is 5.15. The van der Waals surface area contributed by atoms with Crippen molar-refractivity contribution in [1.82, 2.24) is 9.88 Å². The maximum absolute atomic E-state index is 10.9. The molecule has 4 rings (SSSR count). The minimum Gasteiger partial charge on any atom is -0.386 e. The van der Waals surface area contributed by atoms with Gasteiger partial charge in [0.2, 0.25) is 0 Å². The number of benzene rings is 1. The maximum Gasteiger partial charge on any atom is 0.0979 e. The van der Waals surface area contributed by atoms with E-state index in [1.165, 1.54) is 11.3 Å². The number of piperidine rings is 1. The molecule has 4 atom stereocenters. The lowest BCUT2D eigenvalue weighted by Crippen LogP contribution is -2.55. The Morgan fingerprint density at radius 2 is 2.11 bits per heavy atom. The van der Waals surface area contributed by atoms with Gasteiger partial charge < -0.3 is 14.9 Å². The summed E-state index contributed by atoms with van der Waals surface area (Å²) in [4.78, 5) is 9.25. The van der Waals surface area contributed by atoms with Crippen molar-refractivity contribution >= 4 is 17.3 Å². The van der Waals surface area contributed by atoms with Crippen molar-refractivity contribution in [3.8, 4) is 0 Å². The summed E-state index contributed by atoms with van der Waals surface area (Å²) in [5.41, 5.74) is 4.40. The Morgan fingerprint density at radius 3 is 2.81 bits per heavy atom. The first-order valence-electron chi connectivity index (χ1n) is 9.86. The van der Waals surface area contributed by atoms with Crippen LogP contribution in [0.25, 0.3) is 0 Å². The van der Waals surface area contributed by atoms with Crippen molar-refractivity contribution < 1.29 is 5.11 Å². The van der Waals surface area contributed by atoms with E-state index < -0.39 is 6.10 Å². The number of aliphatic hydroxyl groups is 1. The Labute approximate surface area is 166 Å². The molecule has 1 aromatic heterocycles. The van der Waals surface area contributed by atoms with E-state index in [9.17, 15) is 5.11 Å². The largest absolute Gasteiger partial charge is 0.386 e. The zero-order chi connectivity index (χ0) is 19.1. The van der Waals surface area contributed by atoms with Gasteiger partial charge in [0.25, 0.3) is 0 Å². The molecule has 1 fully saturated rings. The summed E-state index contributed by atoms with van der Waals surface area (Å²) >= 11 is 6.33. The molecule has 1 saturated heterocycles. The molecule has 0 amide bonds. The van der Waals surface area contributed by atoms with Crippen LogP contribution < -0.4 is 4.90 Å². The van der Waals surface area contributed by atoms with E-state index in [4.69, 9.17) is 11.6 Å². The fourth-order valence-electron chi connectivity index (χ4n) is 4.96. The van der Waals surface area contributed by atoms with E-state index in [0.717, 1.165) is 35.7 Å². The highest BCUT2D eigenvalue weighted by Gasteiger charge is 2.46. The first-order valence-corrected chi connectivity index (χ1v) is 10.2. The Bertz CT molecular complexity index is 810. The van der Waals surface area contributed by atoms with Gasteiger partial charge in [-0.05, 0) is 63.2 Å². The van der Waals surface area contributed by atoms with Gasteiger partial charge in [-0.1, -0.05) is 24.6 Å². The zero-order valence-electron chi connectivity index (χ0n) is 16.3. The summed E-state index contributed by atoms with van der Waals surface area (Å²) < 4.78 is 0. The first-order chi connectivity index (χ1) is 13.0. The number of halogens is 1. The third kappa shape index (κ3) is 3.35. The number of nitrogens with zero attached hydrogens (tertiary/aromatic N) is 3. The standard InChI is InChI=1S/C22H28ClN3O/c1-4-19-22-17(9-10-25(19)3)18-11-16(23)7-8-20(18)26(22)13-21(27)15-6-5-14(2)24-12-15/h5-8,11-12,17,19,21-22,27H,4,9-10,13H2,1-3H3. The highest BCUT2D eigenvalue weighted by atomic mass is 35.5. The van der Waals surface area contributed by atoms with E-state index in [1.54, 1.807) is 6.20 Å². The molecule has 0 bridgehead atoms. The van der Waals surface area contributed by atoms with Crippen LogP contribution in [-0.2, 0) is 0 Å². The molecule has 2 aliphatic heterocycles. The third-order valence-corrected chi connectivity index (χ3v) is 6.57. The topological polar surface area (TPSA) is 39.6 Å². The summed E-state index contributed by atoms with van der Waals surface area (Å²) in [6.07, 6.45) is 3.45. The average molecular weight is 386 g/mol. The van der Waals surface area contributed by atoms with Gasteiger partial charge in [-0.25, -0.2) is 0 Å². The van der Waals surface area contributed by atoms with E-state index in [2.05, 4.69) is 40.9 Å². The van der Waals surface area contributed by atoms with Crippen LogP contribution in [0.1, 0.15) is 48.6 Å². The van der Waals surface area contributed by atoms with Gasteiger partial charge in [-0.2, -0.15) is 0 Å². The molecule has 1 N–H and O–H groups in total.